The second-order valence-electron chi connectivity index (χ2n) is 8.10. The monoisotopic (exact) mass is 404 g/mol. The van der Waals surface area contributed by atoms with E-state index < -0.39 is 11.7 Å². The Morgan fingerprint density at radius 1 is 1.00 bits per heavy atom. The molecule has 3 nitrogen and oxygen atoms in total. The fourth-order valence-electron chi connectivity index (χ4n) is 4.47. The molecule has 0 spiro atoms. The molecule has 0 radical (unpaired) electrons. The van der Waals surface area contributed by atoms with Crippen LogP contribution in [0.4, 0.5) is 13.2 Å². The zero-order valence-corrected chi connectivity index (χ0v) is 16.5. The average molecular weight is 404 g/mol. The maximum absolute atomic E-state index is 12.7. The summed E-state index contributed by atoms with van der Waals surface area (Å²) in [5.74, 6) is 0.416. The van der Waals surface area contributed by atoms with Crippen LogP contribution in [0.3, 0.4) is 0 Å². The number of ether oxygens (including phenoxy) is 1. The Morgan fingerprint density at radius 3 is 2.48 bits per heavy atom. The van der Waals surface area contributed by atoms with E-state index in [1.807, 2.05) is 12.1 Å². The van der Waals surface area contributed by atoms with Crippen LogP contribution in [0.25, 0.3) is 0 Å². The number of rotatable bonds is 4. The highest BCUT2D eigenvalue weighted by Gasteiger charge is 2.30. The molecule has 2 aliphatic heterocycles. The maximum Gasteiger partial charge on any atom is 0.416 e. The molecule has 1 aromatic heterocycles. The average Bonchev–Trinajstić information content (AvgIpc) is 2.74. The number of pyridine rings is 1. The van der Waals surface area contributed by atoms with Crippen molar-refractivity contribution in [2.45, 2.75) is 50.2 Å². The quantitative estimate of drug-likeness (QED) is 0.713. The molecule has 0 amide bonds. The zero-order valence-electron chi connectivity index (χ0n) is 16.5. The summed E-state index contributed by atoms with van der Waals surface area (Å²) in [6.45, 7) is 3.88. The largest absolute Gasteiger partial charge is 0.416 e. The number of nitrogens with zero attached hydrogens (tertiary/aromatic N) is 2. The van der Waals surface area contributed by atoms with Gasteiger partial charge < -0.3 is 4.74 Å². The minimum Gasteiger partial charge on any atom is -0.381 e. The molecular formula is C23H27F3N2O. The number of aromatic nitrogens is 1. The Hall–Kier alpha value is -1.92. The highest BCUT2D eigenvalue weighted by Crippen LogP contribution is 2.31. The third-order valence-corrected chi connectivity index (χ3v) is 6.07. The van der Waals surface area contributed by atoms with E-state index in [0.717, 1.165) is 74.6 Å². The van der Waals surface area contributed by atoms with Crippen LogP contribution in [-0.4, -0.2) is 42.2 Å². The lowest BCUT2D eigenvalue weighted by Gasteiger charge is -2.39. The maximum atomic E-state index is 12.7. The minimum absolute atomic E-state index is 0.416. The summed E-state index contributed by atoms with van der Waals surface area (Å²) < 4.78 is 43.7. The topological polar surface area (TPSA) is 25.4 Å². The SMILES string of the molecule is FC(F)(F)c1ccc(Cc2cccc(C3CCCN(C4CCOCC4)C3)n2)cc1. The fourth-order valence-corrected chi connectivity index (χ4v) is 4.47. The Morgan fingerprint density at radius 2 is 1.76 bits per heavy atom. The van der Waals surface area contributed by atoms with Gasteiger partial charge in [0.25, 0.3) is 0 Å². The van der Waals surface area contributed by atoms with Crippen LogP contribution in [0.5, 0.6) is 0 Å². The molecule has 2 fully saturated rings. The van der Waals surface area contributed by atoms with Gasteiger partial charge in [-0.1, -0.05) is 18.2 Å². The predicted molar refractivity (Wildman–Crippen MR) is 106 cm³/mol. The van der Waals surface area contributed by atoms with Gasteiger partial charge >= 0.3 is 6.18 Å². The molecule has 29 heavy (non-hydrogen) atoms. The summed E-state index contributed by atoms with van der Waals surface area (Å²) in [6, 6.07) is 12.1. The number of likely N-dealkylation sites (tertiary alicyclic amines) is 1. The normalized spacial score (nSPS) is 22.0. The van der Waals surface area contributed by atoms with Crippen LogP contribution in [0.1, 0.15) is 54.1 Å². The van der Waals surface area contributed by atoms with Crippen molar-refractivity contribution in [1.82, 2.24) is 9.88 Å². The van der Waals surface area contributed by atoms with Crippen molar-refractivity contribution in [1.29, 1.82) is 0 Å². The van der Waals surface area contributed by atoms with Crippen LogP contribution < -0.4 is 0 Å². The van der Waals surface area contributed by atoms with Crippen molar-refractivity contribution >= 4 is 0 Å². The molecule has 0 bridgehead atoms. The van der Waals surface area contributed by atoms with Gasteiger partial charge in [-0.3, -0.25) is 9.88 Å². The lowest BCUT2D eigenvalue weighted by Crippen LogP contribution is -2.44. The molecule has 156 valence electrons. The molecule has 0 N–H and O–H groups in total. The Labute approximate surface area is 169 Å². The molecule has 1 unspecified atom stereocenters. The molecule has 1 atom stereocenters. The molecule has 0 saturated carbocycles. The summed E-state index contributed by atoms with van der Waals surface area (Å²) in [4.78, 5) is 7.47. The van der Waals surface area contributed by atoms with E-state index in [1.54, 1.807) is 12.1 Å². The lowest BCUT2D eigenvalue weighted by atomic mass is 9.91. The van der Waals surface area contributed by atoms with E-state index in [0.29, 0.717) is 18.4 Å². The van der Waals surface area contributed by atoms with Gasteiger partial charge in [0, 0.05) is 49.5 Å². The van der Waals surface area contributed by atoms with Crippen LogP contribution in [0, 0.1) is 0 Å². The van der Waals surface area contributed by atoms with Gasteiger partial charge in [-0.15, -0.1) is 0 Å². The number of hydrogen-bond acceptors (Lipinski definition) is 3. The lowest BCUT2D eigenvalue weighted by molar-refractivity contribution is -0.137. The first-order chi connectivity index (χ1) is 14.0. The third-order valence-electron chi connectivity index (χ3n) is 6.07. The summed E-state index contributed by atoms with van der Waals surface area (Å²) in [5.41, 5.74) is 2.24. The van der Waals surface area contributed by atoms with Crippen LogP contribution in [-0.2, 0) is 17.3 Å². The van der Waals surface area contributed by atoms with Gasteiger partial charge in [-0.2, -0.15) is 13.2 Å². The van der Waals surface area contributed by atoms with Crippen molar-refractivity contribution in [2.24, 2.45) is 0 Å². The smallest absolute Gasteiger partial charge is 0.381 e. The molecule has 6 heteroatoms. The first-order valence-corrected chi connectivity index (χ1v) is 10.4. The fraction of sp³-hybridized carbons (Fsp3) is 0.522. The van der Waals surface area contributed by atoms with Gasteiger partial charge in [-0.25, -0.2) is 0 Å². The second-order valence-corrected chi connectivity index (χ2v) is 8.10. The Bertz CT molecular complexity index is 801. The first kappa shape index (κ1) is 20.4. The molecule has 2 saturated heterocycles. The standard InChI is InChI=1S/C23H27F3N2O/c24-23(25,26)19-8-6-17(7-9-19)15-20-4-1-5-22(27-20)18-3-2-12-28(16-18)21-10-13-29-14-11-21/h1,4-9,18,21H,2-3,10-16H2. The predicted octanol–water partition coefficient (Wildman–Crippen LogP) is 5.05. The summed E-state index contributed by atoms with van der Waals surface area (Å²) >= 11 is 0. The van der Waals surface area contributed by atoms with E-state index in [1.165, 1.54) is 6.42 Å². The first-order valence-electron chi connectivity index (χ1n) is 10.4. The Kier molecular flexibility index (Phi) is 6.20. The van der Waals surface area contributed by atoms with Crippen LogP contribution in [0.2, 0.25) is 0 Å². The van der Waals surface area contributed by atoms with Gasteiger partial charge in [0.05, 0.1) is 5.56 Å². The minimum atomic E-state index is -4.30. The molecule has 1 aromatic carbocycles. The second kappa shape index (κ2) is 8.84. The molecule has 2 aromatic rings. The van der Waals surface area contributed by atoms with E-state index >= 15 is 0 Å². The number of halogens is 3. The van der Waals surface area contributed by atoms with Gasteiger partial charge in [0.15, 0.2) is 0 Å². The number of piperidine rings is 1. The molecule has 0 aliphatic carbocycles. The van der Waals surface area contributed by atoms with Gasteiger partial charge in [0.2, 0.25) is 0 Å². The van der Waals surface area contributed by atoms with Crippen molar-refractivity contribution in [3.05, 3.63) is 65.0 Å². The van der Waals surface area contributed by atoms with Crippen molar-refractivity contribution in [2.75, 3.05) is 26.3 Å². The summed E-state index contributed by atoms with van der Waals surface area (Å²) in [7, 11) is 0. The summed E-state index contributed by atoms with van der Waals surface area (Å²) in [6.07, 6.45) is 0.766. The number of benzene rings is 1. The van der Waals surface area contributed by atoms with Crippen molar-refractivity contribution in [3.8, 4) is 0 Å². The third kappa shape index (κ3) is 5.17. The van der Waals surface area contributed by atoms with E-state index in [-0.39, 0.29) is 0 Å². The zero-order chi connectivity index (χ0) is 20.3. The number of alkyl halides is 3. The molecule has 3 heterocycles. The molecule has 4 rings (SSSR count). The van der Waals surface area contributed by atoms with Crippen molar-refractivity contribution in [3.63, 3.8) is 0 Å². The van der Waals surface area contributed by atoms with Gasteiger partial charge in [0.1, 0.15) is 0 Å². The highest BCUT2D eigenvalue weighted by molar-refractivity contribution is 5.28. The van der Waals surface area contributed by atoms with Crippen molar-refractivity contribution < 1.29 is 17.9 Å². The van der Waals surface area contributed by atoms with Gasteiger partial charge in [-0.05, 0) is 62.1 Å². The number of hydrogen-bond donors (Lipinski definition) is 0. The van der Waals surface area contributed by atoms with Crippen LogP contribution >= 0.6 is 0 Å². The Balaban J connectivity index is 1.43. The van der Waals surface area contributed by atoms with E-state index in [4.69, 9.17) is 9.72 Å². The molecular weight excluding hydrogens is 377 g/mol. The van der Waals surface area contributed by atoms with E-state index in [9.17, 15) is 13.2 Å². The van der Waals surface area contributed by atoms with E-state index in [2.05, 4.69) is 11.0 Å². The highest BCUT2D eigenvalue weighted by atomic mass is 19.4. The summed E-state index contributed by atoms with van der Waals surface area (Å²) in [5, 5.41) is 0. The van der Waals surface area contributed by atoms with Crippen LogP contribution in [0.15, 0.2) is 42.5 Å². The molecule has 2 aliphatic rings.